The van der Waals surface area contributed by atoms with E-state index in [0.717, 1.165) is 43.9 Å². The average molecular weight is 342 g/mol. The standard InChI is InChI=1S/C19H26N4O2/c1-2-25-18-6-4-3-5-17(18)21-19(24)14-22-10-7-16(8-11-22)13-23-12-9-20-15-23/h3-6,9,12,15-16H,2,7-8,10-11,13-14H2,1H3,(H,21,24). The van der Waals surface area contributed by atoms with Crippen LogP contribution in [0.15, 0.2) is 43.0 Å². The zero-order chi connectivity index (χ0) is 17.5. The van der Waals surface area contributed by atoms with Gasteiger partial charge in [0.1, 0.15) is 5.75 Å². The summed E-state index contributed by atoms with van der Waals surface area (Å²) in [7, 11) is 0. The molecule has 1 aromatic carbocycles. The van der Waals surface area contributed by atoms with Gasteiger partial charge in [-0.2, -0.15) is 0 Å². The summed E-state index contributed by atoms with van der Waals surface area (Å²) < 4.78 is 7.69. The van der Waals surface area contributed by atoms with E-state index in [1.807, 2.05) is 49.9 Å². The Hall–Kier alpha value is -2.34. The lowest BCUT2D eigenvalue weighted by Crippen LogP contribution is -2.39. The number of nitrogens with zero attached hydrogens (tertiary/aromatic N) is 3. The van der Waals surface area contributed by atoms with E-state index >= 15 is 0 Å². The van der Waals surface area contributed by atoms with Gasteiger partial charge in [-0.15, -0.1) is 0 Å². The quantitative estimate of drug-likeness (QED) is 0.840. The molecule has 1 N–H and O–H groups in total. The molecule has 0 unspecified atom stereocenters. The fraction of sp³-hybridized carbons (Fsp3) is 0.474. The molecule has 1 amide bonds. The van der Waals surface area contributed by atoms with E-state index < -0.39 is 0 Å². The Balaban J connectivity index is 1.45. The van der Waals surface area contributed by atoms with E-state index in [1.165, 1.54) is 0 Å². The second-order valence-electron chi connectivity index (χ2n) is 6.46. The van der Waals surface area contributed by atoms with Crippen molar-refractivity contribution in [2.75, 3.05) is 31.6 Å². The van der Waals surface area contributed by atoms with Gasteiger partial charge >= 0.3 is 0 Å². The first kappa shape index (κ1) is 17.5. The number of carbonyl (C=O) groups is 1. The number of ether oxygens (including phenoxy) is 1. The average Bonchev–Trinajstić information content (AvgIpc) is 3.12. The molecular weight excluding hydrogens is 316 g/mol. The van der Waals surface area contributed by atoms with Gasteiger partial charge in [-0.3, -0.25) is 9.69 Å². The minimum Gasteiger partial charge on any atom is -0.492 e. The first-order valence-electron chi connectivity index (χ1n) is 8.94. The van der Waals surface area contributed by atoms with E-state index in [1.54, 1.807) is 0 Å². The Labute approximate surface area is 148 Å². The van der Waals surface area contributed by atoms with E-state index in [2.05, 4.69) is 19.8 Å². The van der Waals surface area contributed by atoms with Gasteiger partial charge < -0.3 is 14.6 Å². The van der Waals surface area contributed by atoms with Crippen molar-refractivity contribution in [1.82, 2.24) is 14.5 Å². The molecule has 6 nitrogen and oxygen atoms in total. The van der Waals surface area contributed by atoms with Crippen LogP contribution in [0.5, 0.6) is 5.75 Å². The fourth-order valence-corrected chi connectivity index (χ4v) is 3.26. The Kier molecular flexibility index (Phi) is 6.06. The third-order valence-electron chi connectivity index (χ3n) is 4.56. The summed E-state index contributed by atoms with van der Waals surface area (Å²) in [6, 6.07) is 7.56. The van der Waals surface area contributed by atoms with Gasteiger partial charge in [0, 0.05) is 18.9 Å². The van der Waals surface area contributed by atoms with Crippen molar-refractivity contribution >= 4 is 11.6 Å². The minimum absolute atomic E-state index is 0.0141. The molecule has 0 radical (unpaired) electrons. The first-order valence-corrected chi connectivity index (χ1v) is 8.94. The number of likely N-dealkylation sites (tertiary alicyclic amines) is 1. The van der Waals surface area contributed by atoms with Crippen LogP contribution in [0.2, 0.25) is 0 Å². The van der Waals surface area contributed by atoms with Crippen LogP contribution in [-0.2, 0) is 11.3 Å². The lowest BCUT2D eigenvalue weighted by Gasteiger charge is -2.31. The number of para-hydroxylation sites is 2. The Morgan fingerprint density at radius 2 is 2.12 bits per heavy atom. The zero-order valence-corrected chi connectivity index (χ0v) is 14.7. The molecule has 1 aromatic heterocycles. The number of imidazole rings is 1. The smallest absolute Gasteiger partial charge is 0.238 e. The normalized spacial score (nSPS) is 15.9. The summed E-state index contributed by atoms with van der Waals surface area (Å²) in [5, 5.41) is 2.97. The van der Waals surface area contributed by atoms with Crippen molar-refractivity contribution in [2.24, 2.45) is 5.92 Å². The number of piperidine rings is 1. The molecule has 1 aliphatic heterocycles. The molecule has 1 fully saturated rings. The monoisotopic (exact) mass is 342 g/mol. The summed E-state index contributed by atoms with van der Waals surface area (Å²) in [6.07, 6.45) is 7.92. The lowest BCUT2D eigenvalue weighted by atomic mass is 9.97. The predicted molar refractivity (Wildman–Crippen MR) is 97.6 cm³/mol. The molecule has 0 saturated carbocycles. The maximum atomic E-state index is 12.4. The summed E-state index contributed by atoms with van der Waals surface area (Å²) in [5.74, 6) is 1.39. The largest absolute Gasteiger partial charge is 0.492 e. The first-order chi connectivity index (χ1) is 12.2. The Morgan fingerprint density at radius 1 is 1.32 bits per heavy atom. The number of hydrogen-bond acceptors (Lipinski definition) is 4. The number of rotatable bonds is 7. The number of nitrogens with one attached hydrogen (secondary N) is 1. The number of amides is 1. The van der Waals surface area contributed by atoms with Gasteiger partial charge in [0.25, 0.3) is 0 Å². The van der Waals surface area contributed by atoms with Gasteiger partial charge in [-0.05, 0) is 50.9 Å². The molecular formula is C19H26N4O2. The van der Waals surface area contributed by atoms with Crippen LogP contribution in [-0.4, -0.2) is 46.6 Å². The van der Waals surface area contributed by atoms with Crippen molar-refractivity contribution in [3.8, 4) is 5.75 Å². The van der Waals surface area contributed by atoms with Crippen LogP contribution in [0.25, 0.3) is 0 Å². The second kappa shape index (κ2) is 8.67. The van der Waals surface area contributed by atoms with E-state index in [0.29, 0.717) is 19.1 Å². The molecule has 0 aliphatic carbocycles. The van der Waals surface area contributed by atoms with Crippen LogP contribution in [0.1, 0.15) is 19.8 Å². The number of anilines is 1. The highest BCUT2D eigenvalue weighted by atomic mass is 16.5. The van der Waals surface area contributed by atoms with Gasteiger partial charge in [0.2, 0.25) is 5.91 Å². The minimum atomic E-state index is 0.0141. The maximum absolute atomic E-state index is 12.4. The van der Waals surface area contributed by atoms with Crippen molar-refractivity contribution in [1.29, 1.82) is 0 Å². The molecule has 0 spiro atoms. The number of hydrogen-bond donors (Lipinski definition) is 1. The highest BCUT2D eigenvalue weighted by Gasteiger charge is 2.21. The zero-order valence-electron chi connectivity index (χ0n) is 14.7. The van der Waals surface area contributed by atoms with Crippen molar-refractivity contribution < 1.29 is 9.53 Å². The van der Waals surface area contributed by atoms with Crippen molar-refractivity contribution in [3.05, 3.63) is 43.0 Å². The highest BCUT2D eigenvalue weighted by Crippen LogP contribution is 2.24. The number of benzene rings is 1. The van der Waals surface area contributed by atoms with Crippen LogP contribution in [0, 0.1) is 5.92 Å². The summed E-state index contributed by atoms with van der Waals surface area (Å²) in [4.78, 5) is 18.7. The van der Waals surface area contributed by atoms with E-state index in [4.69, 9.17) is 4.74 Å². The predicted octanol–water partition coefficient (Wildman–Crippen LogP) is 2.63. The molecule has 0 atom stereocenters. The summed E-state index contributed by atoms with van der Waals surface area (Å²) in [5.41, 5.74) is 0.740. The lowest BCUT2D eigenvalue weighted by molar-refractivity contribution is -0.117. The molecule has 134 valence electrons. The van der Waals surface area contributed by atoms with Gasteiger partial charge in [0.05, 0.1) is 25.2 Å². The second-order valence-corrected chi connectivity index (χ2v) is 6.46. The third kappa shape index (κ3) is 5.06. The van der Waals surface area contributed by atoms with Gasteiger partial charge in [-0.1, -0.05) is 12.1 Å². The Bertz CT molecular complexity index is 664. The SMILES string of the molecule is CCOc1ccccc1NC(=O)CN1CCC(Cn2ccnc2)CC1. The summed E-state index contributed by atoms with van der Waals surface area (Å²) >= 11 is 0. The van der Waals surface area contributed by atoms with E-state index in [9.17, 15) is 4.79 Å². The van der Waals surface area contributed by atoms with Crippen molar-refractivity contribution in [3.63, 3.8) is 0 Å². The molecule has 6 heteroatoms. The van der Waals surface area contributed by atoms with Crippen LogP contribution in [0.4, 0.5) is 5.69 Å². The molecule has 2 heterocycles. The molecule has 0 bridgehead atoms. The molecule has 25 heavy (non-hydrogen) atoms. The number of aromatic nitrogens is 2. The summed E-state index contributed by atoms with van der Waals surface area (Å²) in [6.45, 7) is 5.88. The fourth-order valence-electron chi connectivity index (χ4n) is 3.26. The van der Waals surface area contributed by atoms with Gasteiger partial charge in [-0.25, -0.2) is 4.98 Å². The third-order valence-corrected chi connectivity index (χ3v) is 4.56. The van der Waals surface area contributed by atoms with Crippen molar-refractivity contribution in [2.45, 2.75) is 26.3 Å². The van der Waals surface area contributed by atoms with Crippen LogP contribution < -0.4 is 10.1 Å². The van der Waals surface area contributed by atoms with E-state index in [-0.39, 0.29) is 5.91 Å². The van der Waals surface area contributed by atoms with Crippen LogP contribution in [0.3, 0.4) is 0 Å². The van der Waals surface area contributed by atoms with Gasteiger partial charge in [0.15, 0.2) is 0 Å². The number of carbonyl (C=O) groups excluding carboxylic acids is 1. The molecule has 1 saturated heterocycles. The molecule has 3 rings (SSSR count). The highest BCUT2D eigenvalue weighted by molar-refractivity contribution is 5.93. The maximum Gasteiger partial charge on any atom is 0.238 e. The topological polar surface area (TPSA) is 59.4 Å². The van der Waals surface area contributed by atoms with Crippen LogP contribution >= 0.6 is 0 Å². The molecule has 1 aliphatic rings. The molecule has 2 aromatic rings. The Morgan fingerprint density at radius 3 is 2.84 bits per heavy atom.